The van der Waals surface area contributed by atoms with Crippen molar-refractivity contribution in [3.63, 3.8) is 0 Å². The molecule has 35 heavy (non-hydrogen) atoms. The largest absolute Gasteiger partial charge is 0.416 e. The molecule has 1 aliphatic heterocycles. The maximum atomic E-state index is 12.8. The van der Waals surface area contributed by atoms with E-state index in [0.29, 0.717) is 5.92 Å². The number of rotatable bonds is 9. The molecule has 2 aliphatic rings. The van der Waals surface area contributed by atoms with E-state index in [1.54, 1.807) is 43.2 Å². The first-order chi connectivity index (χ1) is 16.3. The third kappa shape index (κ3) is 6.19. The highest BCUT2D eigenvalue weighted by Gasteiger charge is 2.57. The molecule has 2 fully saturated rings. The average Bonchev–Trinajstić information content (AvgIpc) is 3.17. The van der Waals surface area contributed by atoms with Crippen molar-refractivity contribution in [3.8, 4) is 0 Å². The minimum Gasteiger partial charge on any atom is -0.305 e. The summed E-state index contributed by atoms with van der Waals surface area (Å²) in [6.45, 7) is 6.95. The van der Waals surface area contributed by atoms with Gasteiger partial charge in [0.15, 0.2) is 11.0 Å². The zero-order valence-electron chi connectivity index (χ0n) is 20.0. The van der Waals surface area contributed by atoms with E-state index >= 15 is 0 Å². The molecule has 0 N–H and O–H groups in total. The number of aliphatic imine (C=N–C) groups is 1. The Labute approximate surface area is 215 Å². The maximum Gasteiger partial charge on any atom is 0.416 e. The van der Waals surface area contributed by atoms with E-state index < -0.39 is 11.7 Å². The van der Waals surface area contributed by atoms with Gasteiger partial charge in [-0.3, -0.25) is 4.99 Å². The van der Waals surface area contributed by atoms with Gasteiger partial charge in [0.05, 0.1) is 5.56 Å². The van der Waals surface area contributed by atoms with Crippen LogP contribution in [0.25, 0.3) is 5.57 Å². The van der Waals surface area contributed by atoms with E-state index in [0.717, 1.165) is 66.8 Å². The predicted octanol–water partition coefficient (Wildman–Crippen LogP) is 5.89. The second-order valence-electron chi connectivity index (χ2n) is 9.07. The number of likely N-dealkylation sites (tertiary alicyclic amines) is 1. The van der Waals surface area contributed by atoms with Crippen molar-refractivity contribution in [2.45, 2.75) is 36.5 Å². The molecule has 2 aromatic rings. The molecule has 0 unspecified atom stereocenters. The van der Waals surface area contributed by atoms with Gasteiger partial charge in [-0.05, 0) is 67.5 Å². The van der Waals surface area contributed by atoms with E-state index in [9.17, 15) is 13.2 Å². The number of allylic oxidation sites excluding steroid dienone is 3. The van der Waals surface area contributed by atoms with Crippen molar-refractivity contribution < 1.29 is 13.2 Å². The molecule has 0 amide bonds. The van der Waals surface area contributed by atoms with E-state index in [1.165, 1.54) is 12.1 Å². The number of halogens is 4. The molecule has 4 rings (SSSR count). The van der Waals surface area contributed by atoms with Gasteiger partial charge in [-0.25, -0.2) is 0 Å². The van der Waals surface area contributed by atoms with Crippen LogP contribution in [0.3, 0.4) is 0 Å². The van der Waals surface area contributed by atoms with Crippen LogP contribution in [0, 0.1) is 5.41 Å². The highest BCUT2D eigenvalue weighted by Crippen LogP contribution is 2.64. The van der Waals surface area contributed by atoms with Gasteiger partial charge in [0, 0.05) is 38.2 Å². The summed E-state index contributed by atoms with van der Waals surface area (Å²) in [5, 5.41) is 9.49. The molecule has 1 aromatic heterocycles. The lowest BCUT2D eigenvalue weighted by atomic mass is 9.97. The molecule has 1 saturated carbocycles. The van der Waals surface area contributed by atoms with Crippen LogP contribution in [0.1, 0.15) is 42.1 Å². The normalized spacial score (nSPS) is 22.7. The van der Waals surface area contributed by atoms with Crippen LogP contribution in [0.2, 0.25) is 0 Å². The number of benzene rings is 1. The maximum absolute atomic E-state index is 12.8. The van der Waals surface area contributed by atoms with Crippen LogP contribution in [-0.2, 0) is 13.2 Å². The molecule has 190 valence electrons. The molecule has 10 heteroatoms. The van der Waals surface area contributed by atoms with Crippen LogP contribution in [0.5, 0.6) is 0 Å². The molecule has 2 atom stereocenters. The Morgan fingerprint density at radius 2 is 2.03 bits per heavy atom. The van der Waals surface area contributed by atoms with Gasteiger partial charge in [0.1, 0.15) is 0 Å². The molecule has 5 nitrogen and oxygen atoms in total. The lowest BCUT2D eigenvalue weighted by molar-refractivity contribution is -0.137. The molecule has 0 bridgehead atoms. The molecule has 1 aliphatic carbocycles. The Kier molecular flexibility index (Phi) is 8.88. The standard InChI is InChI=1S/C25H30F3N5S.ClH/c1-4-18(10-12-29-2)22-30-31-23(32(22)3)34-15-5-13-33-14-11-24(17-33)16-21(24)19-6-8-20(9-7-19)25(26,27)28;/h4,6-10,12,21H,1,5,11,13-17H2,2-3H3;1H/b18-10+,29-12?;/t21-,24+;/m1./s1. The zero-order valence-corrected chi connectivity index (χ0v) is 21.6. The number of thioether (sulfide) groups is 1. The van der Waals surface area contributed by atoms with Crippen molar-refractivity contribution in [1.29, 1.82) is 0 Å². The molecule has 1 aromatic carbocycles. The summed E-state index contributed by atoms with van der Waals surface area (Å²) in [4.78, 5) is 6.47. The lowest BCUT2D eigenvalue weighted by Crippen LogP contribution is -2.23. The van der Waals surface area contributed by atoms with Crippen LogP contribution >= 0.6 is 24.2 Å². The van der Waals surface area contributed by atoms with Crippen molar-refractivity contribution in [1.82, 2.24) is 19.7 Å². The fourth-order valence-corrected chi connectivity index (χ4v) is 5.72. The quantitative estimate of drug-likeness (QED) is 0.177. The Hall–Kier alpha value is -2.10. The van der Waals surface area contributed by atoms with Crippen molar-refractivity contribution in [3.05, 3.63) is 59.9 Å². The number of hydrogen-bond acceptors (Lipinski definition) is 5. The molecular formula is C25H31ClF3N5S. The first-order valence-corrected chi connectivity index (χ1v) is 12.4. The van der Waals surface area contributed by atoms with Crippen molar-refractivity contribution in [2.75, 3.05) is 32.4 Å². The molecular weight excluding hydrogens is 495 g/mol. The fraction of sp³-hybridized carbons (Fsp3) is 0.480. The van der Waals surface area contributed by atoms with Gasteiger partial charge >= 0.3 is 6.18 Å². The van der Waals surface area contributed by atoms with Gasteiger partial charge in [0.25, 0.3) is 0 Å². The summed E-state index contributed by atoms with van der Waals surface area (Å²) in [6.07, 6.45) is 4.29. The minimum absolute atomic E-state index is 0. The molecule has 2 heterocycles. The third-order valence-corrected chi connectivity index (χ3v) is 7.97. The van der Waals surface area contributed by atoms with E-state index in [4.69, 9.17) is 0 Å². The van der Waals surface area contributed by atoms with Gasteiger partial charge in [-0.1, -0.05) is 36.5 Å². The number of aromatic nitrogens is 3. The predicted molar refractivity (Wildman–Crippen MR) is 138 cm³/mol. The number of alkyl halides is 3. The van der Waals surface area contributed by atoms with Gasteiger partial charge in [0.2, 0.25) is 0 Å². The number of hydrogen-bond donors (Lipinski definition) is 0. The first-order valence-electron chi connectivity index (χ1n) is 11.4. The second kappa shape index (κ2) is 11.3. The second-order valence-corrected chi connectivity index (χ2v) is 10.1. The summed E-state index contributed by atoms with van der Waals surface area (Å²) in [6, 6.07) is 5.76. The van der Waals surface area contributed by atoms with Crippen molar-refractivity contribution >= 4 is 36.0 Å². The third-order valence-electron chi connectivity index (χ3n) is 6.86. The van der Waals surface area contributed by atoms with Crippen LogP contribution in [-0.4, -0.2) is 58.3 Å². The highest BCUT2D eigenvalue weighted by atomic mass is 35.5. The Balaban J connectivity index is 0.00000342. The van der Waals surface area contributed by atoms with E-state index in [2.05, 4.69) is 26.7 Å². The number of nitrogens with zero attached hydrogens (tertiary/aromatic N) is 5. The van der Waals surface area contributed by atoms with Gasteiger partial charge < -0.3 is 9.47 Å². The Morgan fingerprint density at radius 1 is 1.29 bits per heavy atom. The Bertz CT molecular complexity index is 1080. The van der Waals surface area contributed by atoms with Gasteiger partial charge in [-0.15, -0.1) is 22.6 Å². The topological polar surface area (TPSA) is 46.3 Å². The highest BCUT2D eigenvalue weighted by molar-refractivity contribution is 7.99. The van der Waals surface area contributed by atoms with Gasteiger partial charge in [-0.2, -0.15) is 13.2 Å². The summed E-state index contributed by atoms with van der Waals surface area (Å²) in [5.74, 6) is 2.10. The summed E-state index contributed by atoms with van der Waals surface area (Å²) >= 11 is 1.69. The van der Waals surface area contributed by atoms with E-state index in [-0.39, 0.29) is 17.8 Å². The van der Waals surface area contributed by atoms with Crippen molar-refractivity contribution in [2.24, 2.45) is 17.5 Å². The fourth-order valence-electron chi connectivity index (χ4n) is 4.88. The molecule has 0 radical (unpaired) electrons. The van der Waals surface area contributed by atoms with E-state index in [1.807, 2.05) is 17.7 Å². The molecule has 1 spiro atoms. The first kappa shape index (κ1) is 27.5. The van der Waals surface area contributed by atoms with Crippen LogP contribution in [0.4, 0.5) is 13.2 Å². The Morgan fingerprint density at radius 3 is 2.69 bits per heavy atom. The smallest absolute Gasteiger partial charge is 0.305 e. The monoisotopic (exact) mass is 525 g/mol. The van der Waals surface area contributed by atoms with Crippen LogP contribution < -0.4 is 0 Å². The lowest BCUT2D eigenvalue weighted by Gasteiger charge is -2.16. The summed E-state index contributed by atoms with van der Waals surface area (Å²) in [5.41, 5.74) is 1.60. The summed E-state index contributed by atoms with van der Waals surface area (Å²) in [7, 11) is 3.67. The zero-order chi connectivity index (χ0) is 24.3. The SMILES string of the molecule is C=C/C(=C\C=NC)c1nnc(SCCCN2CC[C@]3(C[C@@H]3c3ccc(C(F)(F)F)cc3)C2)n1C.Cl. The molecule has 1 saturated heterocycles. The van der Waals surface area contributed by atoms with Crippen LogP contribution in [0.15, 0.2) is 53.1 Å². The average molecular weight is 526 g/mol. The summed E-state index contributed by atoms with van der Waals surface area (Å²) < 4.78 is 40.5. The minimum atomic E-state index is -4.27.